The van der Waals surface area contributed by atoms with Gasteiger partial charge in [-0.05, 0) is 58.6 Å². The highest BCUT2D eigenvalue weighted by atomic mass is 32.1. The van der Waals surface area contributed by atoms with Crippen molar-refractivity contribution in [1.82, 2.24) is 23.4 Å². The predicted molar refractivity (Wildman–Crippen MR) is 107 cm³/mol. The zero-order chi connectivity index (χ0) is 19.4. The van der Waals surface area contributed by atoms with E-state index in [0.29, 0.717) is 31.6 Å². The van der Waals surface area contributed by atoms with Crippen LogP contribution >= 0.6 is 11.7 Å². The molecule has 2 aromatic rings. The van der Waals surface area contributed by atoms with Gasteiger partial charge in [-0.15, -0.1) is 0 Å². The fraction of sp³-hybridized carbons (Fsp3) is 0.579. The third kappa shape index (κ3) is 4.81. The molecule has 0 bridgehead atoms. The Morgan fingerprint density at radius 3 is 2.70 bits per heavy atom. The highest BCUT2D eigenvalue weighted by molar-refractivity contribution is 7.00. The monoisotopic (exact) mass is 389 g/mol. The van der Waals surface area contributed by atoms with E-state index in [1.807, 2.05) is 36.9 Å². The normalized spacial score (nSPS) is 17.7. The van der Waals surface area contributed by atoms with Crippen LogP contribution in [0.5, 0.6) is 0 Å². The van der Waals surface area contributed by atoms with Crippen LogP contribution in [0.15, 0.2) is 18.2 Å². The number of piperazine rings is 1. The van der Waals surface area contributed by atoms with Crippen molar-refractivity contribution in [2.24, 2.45) is 0 Å². The molecule has 0 radical (unpaired) electrons. The number of amides is 2. The van der Waals surface area contributed by atoms with E-state index in [-0.39, 0.29) is 17.9 Å². The van der Waals surface area contributed by atoms with Gasteiger partial charge < -0.3 is 14.7 Å². The Morgan fingerprint density at radius 1 is 1.19 bits per heavy atom. The van der Waals surface area contributed by atoms with Crippen LogP contribution in [-0.4, -0.2) is 81.6 Å². The largest absolute Gasteiger partial charge is 0.339 e. The molecule has 0 saturated carbocycles. The number of nitrogens with zero attached hydrogens (tertiary/aromatic N) is 5. The Balaban J connectivity index is 1.54. The number of hydrogen-bond acceptors (Lipinski definition) is 6. The predicted octanol–water partition coefficient (Wildman–Crippen LogP) is 2.10. The number of hydrogen-bond donors (Lipinski definition) is 0. The van der Waals surface area contributed by atoms with Crippen molar-refractivity contribution in [1.29, 1.82) is 0 Å². The van der Waals surface area contributed by atoms with Gasteiger partial charge in [-0.25, -0.2) is 0 Å². The van der Waals surface area contributed by atoms with Gasteiger partial charge in [0, 0.05) is 37.7 Å². The van der Waals surface area contributed by atoms with Gasteiger partial charge in [0.15, 0.2) is 0 Å². The van der Waals surface area contributed by atoms with Gasteiger partial charge in [-0.1, -0.05) is 0 Å². The Kier molecular flexibility index (Phi) is 6.38. The zero-order valence-electron chi connectivity index (χ0n) is 16.2. The first-order chi connectivity index (χ1) is 13.0. The minimum absolute atomic E-state index is 0.00114. The lowest BCUT2D eigenvalue weighted by molar-refractivity contribution is -0.133. The summed E-state index contributed by atoms with van der Waals surface area (Å²) in [5.74, 6) is 0.193. The summed E-state index contributed by atoms with van der Waals surface area (Å²) < 4.78 is 8.39. The molecule has 0 aliphatic carbocycles. The van der Waals surface area contributed by atoms with Gasteiger partial charge in [0.25, 0.3) is 5.91 Å². The standard InChI is InChI=1S/C19H27N5O2S/c1-14-13-23(18(25)6-4-5-9-22(2)3)10-11-24(14)19(26)15-7-8-16-17(12-15)21-27-20-16/h7-8,12,14H,4-6,9-11,13H2,1-3H3. The topological polar surface area (TPSA) is 69.6 Å². The lowest BCUT2D eigenvalue weighted by Crippen LogP contribution is -2.55. The Bertz CT molecular complexity index is 806. The second-order valence-electron chi connectivity index (χ2n) is 7.42. The SMILES string of the molecule is CC1CN(C(=O)CCCCN(C)C)CCN1C(=O)c1ccc2nsnc2c1. The number of carbonyl (C=O) groups is 2. The maximum Gasteiger partial charge on any atom is 0.254 e. The van der Waals surface area contributed by atoms with E-state index in [0.717, 1.165) is 42.1 Å². The summed E-state index contributed by atoms with van der Waals surface area (Å²) in [4.78, 5) is 31.2. The van der Waals surface area contributed by atoms with Gasteiger partial charge >= 0.3 is 0 Å². The summed E-state index contributed by atoms with van der Waals surface area (Å²) >= 11 is 1.15. The van der Waals surface area contributed by atoms with Crippen molar-refractivity contribution in [2.45, 2.75) is 32.2 Å². The molecule has 8 heteroatoms. The summed E-state index contributed by atoms with van der Waals surface area (Å²) in [6.45, 7) is 4.77. The van der Waals surface area contributed by atoms with Crippen molar-refractivity contribution < 1.29 is 9.59 Å². The minimum Gasteiger partial charge on any atom is -0.339 e. The molecule has 2 heterocycles. The fourth-order valence-electron chi connectivity index (χ4n) is 3.43. The van der Waals surface area contributed by atoms with Crippen LogP contribution in [0.2, 0.25) is 0 Å². The van der Waals surface area contributed by atoms with Gasteiger partial charge in [0.1, 0.15) is 11.0 Å². The molecule has 2 amide bonds. The first-order valence-corrected chi connectivity index (χ1v) is 10.1. The van der Waals surface area contributed by atoms with Crippen LogP contribution in [0, 0.1) is 0 Å². The van der Waals surface area contributed by atoms with Crippen LogP contribution in [0.4, 0.5) is 0 Å². The molecule has 146 valence electrons. The van der Waals surface area contributed by atoms with E-state index < -0.39 is 0 Å². The summed E-state index contributed by atoms with van der Waals surface area (Å²) in [5.41, 5.74) is 2.20. The van der Waals surface area contributed by atoms with E-state index in [2.05, 4.69) is 13.6 Å². The first kappa shape index (κ1) is 19.7. The Morgan fingerprint density at radius 2 is 1.96 bits per heavy atom. The third-order valence-electron chi connectivity index (χ3n) is 4.99. The number of carbonyl (C=O) groups excluding carboxylic acids is 2. The molecule has 1 aromatic carbocycles. The lowest BCUT2D eigenvalue weighted by Gasteiger charge is -2.40. The Labute approximate surface area is 164 Å². The smallest absolute Gasteiger partial charge is 0.254 e. The highest BCUT2D eigenvalue weighted by Gasteiger charge is 2.30. The van der Waals surface area contributed by atoms with Crippen LogP contribution in [0.1, 0.15) is 36.5 Å². The molecule has 27 heavy (non-hydrogen) atoms. The molecule has 1 aliphatic heterocycles. The third-order valence-corrected chi connectivity index (χ3v) is 5.54. The summed E-state index contributed by atoms with van der Waals surface area (Å²) in [6.07, 6.45) is 2.52. The number of benzene rings is 1. The van der Waals surface area contributed by atoms with E-state index in [4.69, 9.17) is 0 Å². The van der Waals surface area contributed by atoms with Crippen LogP contribution < -0.4 is 0 Å². The lowest BCUT2D eigenvalue weighted by atomic mass is 10.1. The molecule has 1 aromatic heterocycles. The summed E-state index contributed by atoms with van der Waals surface area (Å²) in [5, 5.41) is 0. The van der Waals surface area contributed by atoms with E-state index in [1.54, 1.807) is 12.1 Å². The molecule has 0 spiro atoms. The Hall–Kier alpha value is -2.06. The second-order valence-corrected chi connectivity index (χ2v) is 7.94. The van der Waals surface area contributed by atoms with Crippen molar-refractivity contribution in [2.75, 3.05) is 40.3 Å². The van der Waals surface area contributed by atoms with Crippen LogP contribution in [0.3, 0.4) is 0 Å². The minimum atomic E-state index is -0.00418. The molecule has 7 nitrogen and oxygen atoms in total. The number of fused-ring (bicyclic) bond motifs is 1. The molecule has 1 saturated heterocycles. The van der Waals surface area contributed by atoms with Crippen molar-refractivity contribution in [3.63, 3.8) is 0 Å². The van der Waals surface area contributed by atoms with Crippen molar-refractivity contribution in [3.05, 3.63) is 23.8 Å². The average Bonchev–Trinajstić information content (AvgIpc) is 3.12. The van der Waals surface area contributed by atoms with Gasteiger partial charge in [0.05, 0.1) is 11.7 Å². The second kappa shape index (κ2) is 8.75. The first-order valence-electron chi connectivity index (χ1n) is 9.41. The van der Waals surface area contributed by atoms with Crippen LogP contribution in [0.25, 0.3) is 11.0 Å². The van der Waals surface area contributed by atoms with Gasteiger partial charge in [-0.2, -0.15) is 8.75 Å². The highest BCUT2D eigenvalue weighted by Crippen LogP contribution is 2.19. The number of unbranched alkanes of at least 4 members (excludes halogenated alkanes) is 1. The zero-order valence-corrected chi connectivity index (χ0v) is 17.0. The molecule has 1 atom stereocenters. The molecule has 0 N–H and O–H groups in total. The molecular formula is C19H27N5O2S. The molecule has 1 aliphatic rings. The molecule has 3 rings (SSSR count). The van der Waals surface area contributed by atoms with E-state index >= 15 is 0 Å². The number of aromatic nitrogens is 2. The van der Waals surface area contributed by atoms with Crippen molar-refractivity contribution >= 4 is 34.6 Å². The molecule has 1 fully saturated rings. The maximum atomic E-state index is 12.9. The van der Waals surface area contributed by atoms with Crippen molar-refractivity contribution in [3.8, 4) is 0 Å². The maximum absolute atomic E-state index is 12.9. The molecule has 1 unspecified atom stereocenters. The fourth-order valence-corrected chi connectivity index (χ4v) is 3.95. The van der Waals surface area contributed by atoms with Crippen LogP contribution in [-0.2, 0) is 4.79 Å². The van der Waals surface area contributed by atoms with E-state index in [9.17, 15) is 9.59 Å². The summed E-state index contributed by atoms with van der Waals surface area (Å²) in [7, 11) is 4.09. The summed E-state index contributed by atoms with van der Waals surface area (Å²) in [6, 6.07) is 5.45. The molecular weight excluding hydrogens is 362 g/mol. The number of rotatable bonds is 6. The van der Waals surface area contributed by atoms with Gasteiger partial charge in [0.2, 0.25) is 5.91 Å². The van der Waals surface area contributed by atoms with E-state index in [1.165, 1.54) is 0 Å². The quantitative estimate of drug-likeness (QED) is 0.708. The average molecular weight is 390 g/mol. The van der Waals surface area contributed by atoms with Gasteiger partial charge in [-0.3, -0.25) is 9.59 Å².